The summed E-state index contributed by atoms with van der Waals surface area (Å²) in [5, 5.41) is 9.74. The minimum absolute atomic E-state index is 0.254. The number of ether oxygens (including phenoxy) is 1. The Kier molecular flexibility index (Phi) is 5.63. The smallest absolute Gasteiger partial charge is 0.143 e. The molecule has 0 aliphatic carbocycles. The number of nitrogen functional groups attached to an aromatic ring is 1. The van der Waals surface area contributed by atoms with Crippen LogP contribution in [0.4, 0.5) is 10.1 Å². The highest BCUT2D eigenvalue weighted by molar-refractivity contribution is 5.78. The van der Waals surface area contributed by atoms with Crippen molar-refractivity contribution in [3.63, 3.8) is 0 Å². The second kappa shape index (κ2) is 8.68. The summed E-state index contributed by atoms with van der Waals surface area (Å²) in [5.41, 5.74) is 11.9. The molecule has 1 heterocycles. The molecule has 0 atom stereocenters. The molecule has 0 radical (unpaired) electrons. The molecule has 0 saturated carbocycles. The molecule has 0 amide bonds. The summed E-state index contributed by atoms with van der Waals surface area (Å²) in [4.78, 5) is 4.61. The third kappa shape index (κ3) is 4.39. The Morgan fingerprint density at radius 2 is 1.71 bits per heavy atom. The largest absolute Gasteiger partial charge is 0.487 e. The van der Waals surface area contributed by atoms with Gasteiger partial charge in [0.1, 0.15) is 24.2 Å². The van der Waals surface area contributed by atoms with Crippen molar-refractivity contribution in [2.24, 2.45) is 0 Å². The highest BCUT2D eigenvalue weighted by Crippen LogP contribution is 2.34. The zero-order valence-corrected chi connectivity index (χ0v) is 17.0. The lowest BCUT2D eigenvalue weighted by Gasteiger charge is -2.14. The van der Waals surface area contributed by atoms with Gasteiger partial charge in [-0.3, -0.25) is 4.98 Å². The first-order valence-electron chi connectivity index (χ1n) is 9.79. The molecule has 0 spiro atoms. The van der Waals surface area contributed by atoms with Gasteiger partial charge in [-0.15, -0.1) is 0 Å². The molecule has 4 rings (SSSR count). The second-order valence-electron chi connectivity index (χ2n) is 7.16. The third-order valence-corrected chi connectivity index (χ3v) is 5.01. The second-order valence-corrected chi connectivity index (χ2v) is 7.16. The molecular weight excluding hydrogens is 389 g/mol. The van der Waals surface area contributed by atoms with E-state index in [1.54, 1.807) is 18.2 Å². The molecule has 0 unspecified atom stereocenters. The average molecular weight is 409 g/mol. The minimum atomic E-state index is -0.295. The number of aryl methyl sites for hydroxylation is 1. The van der Waals surface area contributed by atoms with Crippen molar-refractivity contribution in [3.8, 4) is 34.2 Å². The molecular formula is C26H20FN3O. The van der Waals surface area contributed by atoms with E-state index in [1.807, 2.05) is 55.5 Å². The topological polar surface area (TPSA) is 71.9 Å². The van der Waals surface area contributed by atoms with E-state index < -0.39 is 0 Å². The van der Waals surface area contributed by atoms with Crippen molar-refractivity contribution in [2.45, 2.75) is 13.5 Å². The lowest BCUT2D eigenvalue weighted by Crippen LogP contribution is -2.00. The summed E-state index contributed by atoms with van der Waals surface area (Å²) < 4.78 is 19.0. The van der Waals surface area contributed by atoms with E-state index in [1.165, 1.54) is 12.1 Å². The third-order valence-electron chi connectivity index (χ3n) is 5.01. The first kappa shape index (κ1) is 20.1. The minimum Gasteiger partial charge on any atom is -0.487 e. The summed E-state index contributed by atoms with van der Waals surface area (Å²) in [6.45, 7) is 2.08. The lowest BCUT2D eigenvalue weighted by molar-refractivity contribution is 0.308. The molecule has 31 heavy (non-hydrogen) atoms. The van der Waals surface area contributed by atoms with Gasteiger partial charge in [-0.05, 0) is 48.4 Å². The number of halogens is 1. The van der Waals surface area contributed by atoms with Crippen LogP contribution in [-0.4, -0.2) is 4.98 Å². The molecule has 0 bridgehead atoms. The molecule has 0 saturated heterocycles. The van der Waals surface area contributed by atoms with Gasteiger partial charge in [0.25, 0.3) is 0 Å². The highest BCUT2D eigenvalue weighted by atomic mass is 19.1. The number of aromatic nitrogens is 1. The van der Waals surface area contributed by atoms with Gasteiger partial charge in [0.15, 0.2) is 0 Å². The number of rotatable bonds is 5. The summed E-state index contributed by atoms with van der Waals surface area (Å²) in [6, 6.07) is 25.6. The molecule has 4 aromatic rings. The monoisotopic (exact) mass is 409 g/mol. The Morgan fingerprint density at radius 3 is 2.42 bits per heavy atom. The molecule has 5 heteroatoms. The predicted octanol–water partition coefficient (Wildman–Crippen LogP) is 5.90. The Bertz CT molecular complexity index is 1260. The number of nitrogens with two attached hydrogens (primary N) is 1. The van der Waals surface area contributed by atoms with E-state index >= 15 is 0 Å². The maximum absolute atomic E-state index is 13.1. The van der Waals surface area contributed by atoms with E-state index in [2.05, 4.69) is 11.1 Å². The molecule has 152 valence electrons. The number of pyridine rings is 1. The number of anilines is 1. The fourth-order valence-electron chi connectivity index (χ4n) is 3.37. The van der Waals surface area contributed by atoms with Gasteiger partial charge in [-0.25, -0.2) is 4.39 Å². The SMILES string of the molecule is Cc1nc(-c2ccccc2)cc(-c2ccc(N)c(OCc3ccc(F)cc3)c2)c1C#N. The standard InChI is InChI=1S/C26H20FN3O/c1-17-23(15-28)22(14-25(30-17)19-5-3-2-4-6-19)20-9-12-24(29)26(13-20)31-16-18-7-10-21(27)11-8-18/h2-14H,16,29H2,1H3. The average Bonchev–Trinajstić information content (AvgIpc) is 2.79. The van der Waals surface area contributed by atoms with Gasteiger partial charge < -0.3 is 10.5 Å². The maximum atomic E-state index is 13.1. The van der Waals surface area contributed by atoms with Crippen molar-refractivity contribution < 1.29 is 9.13 Å². The maximum Gasteiger partial charge on any atom is 0.143 e. The van der Waals surface area contributed by atoms with Crippen molar-refractivity contribution in [3.05, 3.63) is 102 Å². The lowest BCUT2D eigenvalue weighted by atomic mass is 9.96. The fraction of sp³-hybridized carbons (Fsp3) is 0.0769. The van der Waals surface area contributed by atoms with Crippen molar-refractivity contribution in [2.75, 3.05) is 5.73 Å². The van der Waals surface area contributed by atoms with Crippen LogP contribution in [0.1, 0.15) is 16.8 Å². The molecule has 1 aromatic heterocycles. The number of hydrogen-bond acceptors (Lipinski definition) is 4. The van der Waals surface area contributed by atoms with Crippen LogP contribution in [0.3, 0.4) is 0 Å². The van der Waals surface area contributed by atoms with Crippen LogP contribution in [0, 0.1) is 24.1 Å². The van der Waals surface area contributed by atoms with E-state index in [9.17, 15) is 9.65 Å². The quantitative estimate of drug-likeness (QED) is 0.417. The van der Waals surface area contributed by atoms with Crippen LogP contribution in [-0.2, 0) is 6.61 Å². The summed E-state index contributed by atoms with van der Waals surface area (Å²) in [5.74, 6) is 0.206. The van der Waals surface area contributed by atoms with Crippen molar-refractivity contribution in [1.29, 1.82) is 5.26 Å². The first-order chi connectivity index (χ1) is 15.0. The molecule has 2 N–H and O–H groups in total. The molecule has 3 aromatic carbocycles. The highest BCUT2D eigenvalue weighted by Gasteiger charge is 2.14. The fourth-order valence-corrected chi connectivity index (χ4v) is 3.37. The van der Waals surface area contributed by atoms with Gasteiger partial charge in [-0.2, -0.15) is 5.26 Å². The summed E-state index contributed by atoms with van der Waals surface area (Å²) in [7, 11) is 0. The van der Waals surface area contributed by atoms with Gasteiger partial charge in [0.05, 0.1) is 22.6 Å². The predicted molar refractivity (Wildman–Crippen MR) is 120 cm³/mol. The number of nitriles is 1. The van der Waals surface area contributed by atoms with Crippen LogP contribution in [0.5, 0.6) is 5.75 Å². The first-order valence-corrected chi connectivity index (χ1v) is 9.79. The summed E-state index contributed by atoms with van der Waals surface area (Å²) in [6.07, 6.45) is 0. The number of benzene rings is 3. The summed E-state index contributed by atoms with van der Waals surface area (Å²) >= 11 is 0. The zero-order chi connectivity index (χ0) is 21.8. The van der Waals surface area contributed by atoms with Gasteiger partial charge >= 0.3 is 0 Å². The zero-order valence-electron chi connectivity index (χ0n) is 17.0. The van der Waals surface area contributed by atoms with E-state index in [4.69, 9.17) is 10.5 Å². The van der Waals surface area contributed by atoms with E-state index in [0.29, 0.717) is 22.7 Å². The van der Waals surface area contributed by atoms with Crippen LogP contribution >= 0.6 is 0 Å². The van der Waals surface area contributed by atoms with Crippen molar-refractivity contribution >= 4 is 5.69 Å². The van der Waals surface area contributed by atoms with Gasteiger partial charge in [0.2, 0.25) is 0 Å². The number of hydrogen-bond donors (Lipinski definition) is 1. The Labute approximate surface area is 180 Å². The molecule has 4 nitrogen and oxygen atoms in total. The van der Waals surface area contributed by atoms with Crippen LogP contribution < -0.4 is 10.5 Å². The molecule has 0 aliphatic heterocycles. The van der Waals surface area contributed by atoms with Gasteiger partial charge in [-0.1, -0.05) is 48.5 Å². The molecule has 0 fully saturated rings. The molecule has 0 aliphatic rings. The van der Waals surface area contributed by atoms with E-state index in [0.717, 1.165) is 27.9 Å². The Hall–Kier alpha value is -4.17. The van der Waals surface area contributed by atoms with Crippen molar-refractivity contribution in [1.82, 2.24) is 4.98 Å². The number of nitrogens with zero attached hydrogens (tertiary/aromatic N) is 2. The van der Waals surface area contributed by atoms with Crippen LogP contribution in [0.2, 0.25) is 0 Å². The van der Waals surface area contributed by atoms with Gasteiger partial charge in [0, 0.05) is 11.1 Å². The Balaban J connectivity index is 1.72. The van der Waals surface area contributed by atoms with E-state index in [-0.39, 0.29) is 12.4 Å². The van der Waals surface area contributed by atoms with Crippen LogP contribution in [0.15, 0.2) is 78.9 Å². The van der Waals surface area contributed by atoms with Crippen LogP contribution in [0.25, 0.3) is 22.4 Å². The normalized spacial score (nSPS) is 10.5. The Morgan fingerprint density at radius 1 is 0.968 bits per heavy atom.